The Morgan fingerprint density at radius 2 is 1.93 bits per heavy atom. The summed E-state index contributed by atoms with van der Waals surface area (Å²) >= 11 is 1.56. The largest absolute Gasteiger partial charge is 0.379 e. The molecule has 2 aromatic rings. The van der Waals surface area contributed by atoms with Crippen LogP contribution in [0.25, 0.3) is 0 Å². The molecule has 2 aliphatic heterocycles. The Kier molecular flexibility index (Phi) is 5.85. The molecule has 1 aromatic carbocycles. The van der Waals surface area contributed by atoms with E-state index in [1.807, 2.05) is 12.1 Å². The molecule has 2 fully saturated rings. The van der Waals surface area contributed by atoms with E-state index in [0.29, 0.717) is 17.9 Å². The Labute approximate surface area is 172 Å². The van der Waals surface area contributed by atoms with E-state index < -0.39 is 0 Å². The molecule has 1 amide bonds. The fourth-order valence-electron chi connectivity index (χ4n) is 5.03. The van der Waals surface area contributed by atoms with E-state index in [1.165, 1.54) is 12.0 Å². The highest BCUT2D eigenvalue weighted by molar-refractivity contribution is 7.14. The molecule has 1 atom stereocenters. The first-order chi connectivity index (χ1) is 13.6. The lowest BCUT2D eigenvalue weighted by atomic mass is 9.68. The van der Waals surface area contributed by atoms with E-state index in [1.54, 1.807) is 18.4 Å². The summed E-state index contributed by atoms with van der Waals surface area (Å²) in [5, 5.41) is 0. The number of methoxy groups -OCH3 is 1. The van der Waals surface area contributed by atoms with E-state index >= 15 is 0 Å². The van der Waals surface area contributed by atoms with Crippen LogP contribution >= 0.6 is 11.3 Å². The zero-order chi connectivity index (χ0) is 19.6. The minimum atomic E-state index is 0.186. The van der Waals surface area contributed by atoms with Gasteiger partial charge in [0, 0.05) is 38.2 Å². The average molecular weight is 399 g/mol. The van der Waals surface area contributed by atoms with Crippen molar-refractivity contribution in [1.82, 2.24) is 9.80 Å². The Hall–Kier alpha value is -1.69. The quantitative estimate of drug-likeness (QED) is 0.772. The van der Waals surface area contributed by atoms with Gasteiger partial charge < -0.3 is 14.5 Å². The molecule has 0 radical (unpaired) electrons. The zero-order valence-corrected chi connectivity index (χ0v) is 17.7. The summed E-state index contributed by atoms with van der Waals surface area (Å²) < 4.78 is 5.18. The number of hydrogen-bond donors (Lipinski definition) is 0. The van der Waals surface area contributed by atoms with Gasteiger partial charge in [0.25, 0.3) is 5.91 Å². The Bertz CT molecular complexity index is 796. The molecule has 0 bridgehead atoms. The van der Waals surface area contributed by atoms with E-state index in [0.717, 1.165) is 48.8 Å². The number of benzene rings is 1. The highest BCUT2D eigenvalue weighted by atomic mass is 32.1. The van der Waals surface area contributed by atoms with E-state index in [9.17, 15) is 4.79 Å². The van der Waals surface area contributed by atoms with Gasteiger partial charge in [0.15, 0.2) is 0 Å². The van der Waals surface area contributed by atoms with Gasteiger partial charge >= 0.3 is 0 Å². The number of carbonyl (C=O) groups is 1. The summed E-state index contributed by atoms with van der Waals surface area (Å²) in [6.45, 7) is 4.59. The van der Waals surface area contributed by atoms with Crippen molar-refractivity contribution in [3.8, 4) is 0 Å². The van der Waals surface area contributed by atoms with Crippen LogP contribution in [0.4, 0.5) is 0 Å². The molecule has 1 aromatic heterocycles. The summed E-state index contributed by atoms with van der Waals surface area (Å²) in [5.41, 5.74) is 1.79. The molecule has 0 saturated carbocycles. The van der Waals surface area contributed by atoms with Crippen LogP contribution in [-0.4, -0.2) is 56.0 Å². The van der Waals surface area contributed by atoms with Crippen LogP contribution in [0.5, 0.6) is 0 Å². The third-order valence-corrected chi connectivity index (χ3v) is 7.40. The fraction of sp³-hybridized carbons (Fsp3) is 0.522. The van der Waals surface area contributed by atoms with Crippen LogP contribution in [0.15, 0.2) is 42.5 Å². The van der Waals surface area contributed by atoms with Gasteiger partial charge in [0.05, 0.1) is 11.5 Å². The second-order valence-corrected chi connectivity index (χ2v) is 9.67. The first-order valence-electron chi connectivity index (χ1n) is 10.2. The molecule has 4 rings (SSSR count). The standard InChI is InChI=1S/C23H30N2O2S/c1-24-15-19(18-6-4-3-5-7-18)14-23(17-24)10-12-25(13-11-23)22(26)21-9-8-20(28-21)16-27-2/h3-9,19H,10-17H2,1-2H3. The van der Waals surface area contributed by atoms with E-state index in [2.05, 4.69) is 47.2 Å². The van der Waals surface area contributed by atoms with Crippen molar-refractivity contribution in [1.29, 1.82) is 0 Å². The maximum atomic E-state index is 12.9. The molecule has 2 aliphatic rings. The van der Waals surface area contributed by atoms with Crippen molar-refractivity contribution in [2.24, 2.45) is 5.41 Å². The minimum absolute atomic E-state index is 0.186. The van der Waals surface area contributed by atoms with Crippen molar-refractivity contribution in [3.63, 3.8) is 0 Å². The number of likely N-dealkylation sites (N-methyl/N-ethyl adjacent to an activating group) is 1. The third-order valence-electron chi connectivity index (χ3n) is 6.36. The van der Waals surface area contributed by atoms with Crippen molar-refractivity contribution in [3.05, 3.63) is 57.8 Å². The van der Waals surface area contributed by atoms with Crippen LogP contribution < -0.4 is 0 Å². The summed E-state index contributed by atoms with van der Waals surface area (Å²) in [7, 11) is 3.94. The SMILES string of the molecule is COCc1ccc(C(=O)N2CCC3(CC2)CC(c2ccccc2)CN(C)C3)s1. The lowest BCUT2D eigenvalue weighted by molar-refractivity contribution is 0.0226. The molecular formula is C23H30N2O2S. The Morgan fingerprint density at radius 3 is 2.64 bits per heavy atom. The van der Waals surface area contributed by atoms with Gasteiger partial charge in [-0.25, -0.2) is 0 Å². The molecule has 4 nitrogen and oxygen atoms in total. The molecule has 2 saturated heterocycles. The van der Waals surface area contributed by atoms with E-state index in [-0.39, 0.29) is 5.91 Å². The number of nitrogens with zero attached hydrogens (tertiary/aromatic N) is 2. The monoisotopic (exact) mass is 398 g/mol. The predicted octanol–water partition coefficient (Wildman–Crippen LogP) is 4.24. The normalized spacial score (nSPS) is 22.5. The molecule has 0 aliphatic carbocycles. The zero-order valence-electron chi connectivity index (χ0n) is 16.9. The first kappa shape index (κ1) is 19.6. The van der Waals surface area contributed by atoms with Gasteiger partial charge in [-0.2, -0.15) is 0 Å². The van der Waals surface area contributed by atoms with Crippen molar-refractivity contribution >= 4 is 17.2 Å². The second-order valence-electron chi connectivity index (χ2n) is 8.50. The van der Waals surface area contributed by atoms with Crippen LogP contribution in [0, 0.1) is 5.41 Å². The first-order valence-corrected chi connectivity index (χ1v) is 11.0. The number of thiophene rings is 1. The van der Waals surface area contributed by atoms with Gasteiger partial charge in [-0.15, -0.1) is 11.3 Å². The topological polar surface area (TPSA) is 32.8 Å². The number of carbonyl (C=O) groups excluding carboxylic acids is 1. The summed E-state index contributed by atoms with van der Waals surface area (Å²) in [6, 6.07) is 14.9. The van der Waals surface area contributed by atoms with Crippen molar-refractivity contribution in [2.75, 3.05) is 40.3 Å². The molecular weight excluding hydrogens is 368 g/mol. The molecule has 3 heterocycles. The van der Waals surface area contributed by atoms with Gasteiger partial charge in [-0.05, 0) is 55.3 Å². The Morgan fingerprint density at radius 1 is 1.18 bits per heavy atom. The molecule has 150 valence electrons. The number of rotatable bonds is 4. The highest BCUT2D eigenvalue weighted by Crippen LogP contribution is 2.44. The smallest absolute Gasteiger partial charge is 0.263 e. The molecule has 1 spiro atoms. The van der Waals surface area contributed by atoms with Crippen LogP contribution in [-0.2, 0) is 11.3 Å². The van der Waals surface area contributed by atoms with E-state index in [4.69, 9.17) is 4.74 Å². The molecule has 5 heteroatoms. The number of amides is 1. The van der Waals surface area contributed by atoms with Gasteiger partial charge in [-0.1, -0.05) is 30.3 Å². The molecule has 1 unspecified atom stereocenters. The summed E-state index contributed by atoms with van der Waals surface area (Å²) in [4.78, 5) is 19.4. The lowest BCUT2D eigenvalue weighted by Crippen LogP contribution is -2.51. The average Bonchev–Trinajstić information content (AvgIpc) is 3.17. The number of ether oxygens (including phenoxy) is 1. The Balaban J connectivity index is 1.41. The fourth-order valence-corrected chi connectivity index (χ4v) is 5.98. The lowest BCUT2D eigenvalue weighted by Gasteiger charge is -2.49. The van der Waals surface area contributed by atoms with Crippen LogP contribution in [0.2, 0.25) is 0 Å². The van der Waals surface area contributed by atoms with Crippen molar-refractivity contribution in [2.45, 2.75) is 31.8 Å². The predicted molar refractivity (Wildman–Crippen MR) is 114 cm³/mol. The number of hydrogen-bond acceptors (Lipinski definition) is 4. The molecule has 0 N–H and O–H groups in total. The molecule has 28 heavy (non-hydrogen) atoms. The summed E-state index contributed by atoms with van der Waals surface area (Å²) in [6.07, 6.45) is 3.44. The maximum Gasteiger partial charge on any atom is 0.263 e. The van der Waals surface area contributed by atoms with Crippen LogP contribution in [0.3, 0.4) is 0 Å². The summed E-state index contributed by atoms with van der Waals surface area (Å²) in [5.74, 6) is 0.780. The minimum Gasteiger partial charge on any atom is -0.379 e. The highest BCUT2D eigenvalue weighted by Gasteiger charge is 2.42. The van der Waals surface area contributed by atoms with Gasteiger partial charge in [0.2, 0.25) is 0 Å². The van der Waals surface area contributed by atoms with Crippen molar-refractivity contribution < 1.29 is 9.53 Å². The number of likely N-dealkylation sites (tertiary alicyclic amines) is 2. The number of piperidine rings is 2. The van der Waals surface area contributed by atoms with Crippen LogP contribution in [0.1, 0.15) is 45.3 Å². The van der Waals surface area contributed by atoms with Gasteiger partial charge in [0.1, 0.15) is 0 Å². The third kappa shape index (κ3) is 4.17. The maximum absolute atomic E-state index is 12.9. The second kappa shape index (κ2) is 8.36. The van der Waals surface area contributed by atoms with Gasteiger partial charge in [-0.3, -0.25) is 4.79 Å².